The summed E-state index contributed by atoms with van der Waals surface area (Å²) in [5.41, 5.74) is 2.95. The van der Waals surface area contributed by atoms with Crippen LogP contribution in [0.4, 0.5) is 0 Å². The van der Waals surface area contributed by atoms with Crippen molar-refractivity contribution in [3.63, 3.8) is 0 Å². The highest BCUT2D eigenvalue weighted by molar-refractivity contribution is 5.91. The second-order valence-electron chi connectivity index (χ2n) is 8.22. The Labute approximate surface area is 180 Å². The molecule has 0 aliphatic heterocycles. The van der Waals surface area contributed by atoms with Gasteiger partial charge < -0.3 is 25.2 Å². The third kappa shape index (κ3) is 3.89. The Morgan fingerprint density at radius 3 is 2.26 bits per heavy atom. The van der Waals surface area contributed by atoms with Gasteiger partial charge in [0.1, 0.15) is 5.75 Å². The van der Waals surface area contributed by atoms with E-state index in [9.17, 15) is 25.2 Å². The molecule has 0 saturated heterocycles. The molecule has 0 radical (unpaired) electrons. The molecule has 0 fully saturated rings. The van der Waals surface area contributed by atoms with E-state index in [1.54, 1.807) is 24.3 Å². The van der Waals surface area contributed by atoms with Gasteiger partial charge in [0, 0.05) is 5.92 Å². The highest BCUT2D eigenvalue weighted by atomic mass is 16.5. The van der Waals surface area contributed by atoms with E-state index in [2.05, 4.69) is 13.8 Å². The molecule has 3 unspecified atom stereocenters. The third-order valence-electron chi connectivity index (χ3n) is 6.19. The molecule has 0 heterocycles. The number of fused-ring (bicyclic) bond motifs is 1. The van der Waals surface area contributed by atoms with Crippen LogP contribution >= 0.6 is 0 Å². The second kappa shape index (κ2) is 7.87. The van der Waals surface area contributed by atoms with Gasteiger partial charge in [-0.25, -0.2) is 4.79 Å². The zero-order valence-corrected chi connectivity index (χ0v) is 17.2. The van der Waals surface area contributed by atoms with Crippen molar-refractivity contribution in [2.75, 3.05) is 0 Å². The lowest BCUT2D eigenvalue weighted by Gasteiger charge is -2.37. The van der Waals surface area contributed by atoms with Crippen molar-refractivity contribution in [3.05, 3.63) is 76.9 Å². The summed E-state index contributed by atoms with van der Waals surface area (Å²) in [6.45, 7) is 4.26. The van der Waals surface area contributed by atoms with Gasteiger partial charge in [-0.15, -0.1) is 0 Å². The summed E-state index contributed by atoms with van der Waals surface area (Å²) in [4.78, 5) is 12.5. The molecule has 1 aliphatic carbocycles. The first kappa shape index (κ1) is 20.6. The number of hydrogen-bond acceptors (Lipinski definition) is 6. The first-order chi connectivity index (χ1) is 14.7. The lowest BCUT2D eigenvalue weighted by atomic mass is 9.68. The van der Waals surface area contributed by atoms with Gasteiger partial charge in [0.25, 0.3) is 0 Å². The first-order valence-electron chi connectivity index (χ1n) is 10.1. The number of carbonyl (C=O) groups excluding carboxylic acids is 1. The van der Waals surface area contributed by atoms with Crippen LogP contribution < -0.4 is 4.74 Å². The SMILES string of the molecule is CC1Cc2cc(OC(=O)c3ccc(O)cc3)c(O)cc2C(c2ccc(O)c(O)c2)C1C. The van der Waals surface area contributed by atoms with Crippen molar-refractivity contribution in [3.8, 4) is 28.7 Å². The van der Waals surface area contributed by atoms with Crippen molar-refractivity contribution in [1.82, 2.24) is 0 Å². The zero-order chi connectivity index (χ0) is 22.3. The van der Waals surface area contributed by atoms with Gasteiger partial charge in [-0.3, -0.25) is 0 Å². The molecular weight excluding hydrogens is 396 g/mol. The Bertz CT molecular complexity index is 1140. The fourth-order valence-electron chi connectivity index (χ4n) is 4.29. The minimum absolute atomic E-state index is 0.0441. The van der Waals surface area contributed by atoms with Gasteiger partial charge in [-0.1, -0.05) is 19.9 Å². The van der Waals surface area contributed by atoms with Crippen molar-refractivity contribution >= 4 is 5.97 Å². The number of hydrogen-bond donors (Lipinski definition) is 4. The fourth-order valence-corrected chi connectivity index (χ4v) is 4.29. The highest BCUT2D eigenvalue weighted by Crippen LogP contribution is 2.47. The normalized spacial score (nSPS) is 20.1. The predicted octanol–water partition coefficient (Wildman–Crippen LogP) is 4.69. The minimum atomic E-state index is -0.632. The van der Waals surface area contributed by atoms with Gasteiger partial charge >= 0.3 is 5.97 Å². The van der Waals surface area contributed by atoms with E-state index in [0.717, 1.165) is 23.1 Å². The van der Waals surface area contributed by atoms with Crippen molar-refractivity contribution in [1.29, 1.82) is 0 Å². The van der Waals surface area contributed by atoms with Crippen molar-refractivity contribution in [2.45, 2.75) is 26.2 Å². The maximum Gasteiger partial charge on any atom is 0.343 e. The summed E-state index contributed by atoms with van der Waals surface area (Å²) in [7, 11) is 0. The van der Waals surface area contributed by atoms with Gasteiger partial charge in [-0.2, -0.15) is 0 Å². The molecule has 3 aromatic carbocycles. The summed E-state index contributed by atoms with van der Waals surface area (Å²) in [6, 6.07) is 13.8. The van der Waals surface area contributed by atoms with Crippen LogP contribution in [0, 0.1) is 11.8 Å². The molecule has 0 amide bonds. The van der Waals surface area contributed by atoms with Crippen LogP contribution in [-0.2, 0) is 6.42 Å². The van der Waals surface area contributed by atoms with Crippen LogP contribution in [0.15, 0.2) is 54.6 Å². The van der Waals surface area contributed by atoms with E-state index < -0.39 is 5.97 Å². The summed E-state index contributed by atoms with van der Waals surface area (Å²) in [5.74, 6) is -0.604. The summed E-state index contributed by atoms with van der Waals surface area (Å²) in [6.07, 6.45) is 0.751. The molecule has 6 nitrogen and oxygen atoms in total. The van der Waals surface area contributed by atoms with Gasteiger partial charge in [-0.05, 0) is 83.5 Å². The third-order valence-corrected chi connectivity index (χ3v) is 6.19. The van der Waals surface area contributed by atoms with Crippen molar-refractivity contribution < 1.29 is 30.0 Å². The minimum Gasteiger partial charge on any atom is -0.508 e. The molecule has 0 saturated carbocycles. The van der Waals surface area contributed by atoms with Gasteiger partial charge in [0.2, 0.25) is 0 Å². The summed E-state index contributed by atoms with van der Waals surface area (Å²) in [5, 5.41) is 39.7. The van der Waals surface area contributed by atoms with Crippen LogP contribution in [-0.4, -0.2) is 26.4 Å². The van der Waals surface area contributed by atoms with E-state index in [4.69, 9.17) is 4.74 Å². The Hall–Kier alpha value is -3.67. The maximum atomic E-state index is 12.5. The Morgan fingerprint density at radius 2 is 1.58 bits per heavy atom. The zero-order valence-electron chi connectivity index (χ0n) is 17.2. The number of carbonyl (C=O) groups is 1. The van der Waals surface area contributed by atoms with E-state index in [1.807, 2.05) is 0 Å². The monoisotopic (exact) mass is 420 g/mol. The van der Waals surface area contributed by atoms with Crippen LogP contribution in [0.3, 0.4) is 0 Å². The first-order valence-corrected chi connectivity index (χ1v) is 10.1. The number of phenolic OH excluding ortho intramolecular Hbond substituents is 4. The molecule has 4 N–H and O–H groups in total. The second-order valence-corrected chi connectivity index (χ2v) is 8.22. The predicted molar refractivity (Wildman–Crippen MR) is 115 cm³/mol. The molecule has 31 heavy (non-hydrogen) atoms. The number of esters is 1. The van der Waals surface area contributed by atoms with Crippen LogP contribution in [0.25, 0.3) is 0 Å². The van der Waals surface area contributed by atoms with E-state index in [-0.39, 0.29) is 46.1 Å². The standard InChI is InChI=1S/C25H24O6/c1-13-9-17-11-23(31-25(30)15-3-6-18(26)7-4-15)22(29)12-19(17)24(14(13)2)16-5-8-20(27)21(28)10-16/h3-8,10-14,24,26-29H,9H2,1-2H3. The van der Waals surface area contributed by atoms with Crippen molar-refractivity contribution in [2.24, 2.45) is 11.8 Å². The van der Waals surface area contributed by atoms with Gasteiger partial charge in [0.05, 0.1) is 5.56 Å². The topological polar surface area (TPSA) is 107 Å². The quantitative estimate of drug-likeness (QED) is 0.278. The molecule has 160 valence electrons. The molecule has 6 heteroatoms. The molecular formula is C25H24O6. The highest BCUT2D eigenvalue weighted by Gasteiger charge is 2.34. The molecule has 1 aliphatic rings. The molecule has 3 atom stereocenters. The lowest BCUT2D eigenvalue weighted by Crippen LogP contribution is -2.27. The average molecular weight is 420 g/mol. The lowest BCUT2D eigenvalue weighted by molar-refractivity contribution is 0.0729. The van der Waals surface area contributed by atoms with Crippen LogP contribution in [0.5, 0.6) is 28.7 Å². The molecule has 0 aromatic heterocycles. The van der Waals surface area contributed by atoms with Crippen LogP contribution in [0.2, 0.25) is 0 Å². The number of rotatable bonds is 3. The average Bonchev–Trinajstić information content (AvgIpc) is 2.73. The smallest absolute Gasteiger partial charge is 0.343 e. The molecule has 4 rings (SSSR count). The summed E-state index contributed by atoms with van der Waals surface area (Å²) < 4.78 is 5.43. The molecule has 0 bridgehead atoms. The Kier molecular flexibility index (Phi) is 5.23. The van der Waals surface area contributed by atoms with E-state index >= 15 is 0 Å². The van der Waals surface area contributed by atoms with E-state index in [1.165, 1.54) is 30.3 Å². The molecule has 3 aromatic rings. The number of aromatic hydroxyl groups is 4. The largest absolute Gasteiger partial charge is 0.508 e. The number of phenols is 4. The molecule has 0 spiro atoms. The summed E-state index contributed by atoms with van der Waals surface area (Å²) >= 11 is 0. The van der Waals surface area contributed by atoms with E-state index in [0.29, 0.717) is 5.92 Å². The Morgan fingerprint density at radius 1 is 0.871 bits per heavy atom. The Balaban J connectivity index is 1.71. The fraction of sp³-hybridized carbons (Fsp3) is 0.240. The number of ether oxygens (including phenoxy) is 1. The van der Waals surface area contributed by atoms with Gasteiger partial charge in [0.15, 0.2) is 23.0 Å². The van der Waals surface area contributed by atoms with Crippen LogP contribution in [0.1, 0.15) is 46.8 Å². The maximum absolute atomic E-state index is 12.5. The number of benzene rings is 3.